The molecule has 2 aliphatic heterocycles. The fourth-order valence-corrected chi connectivity index (χ4v) is 9.03. The van der Waals surface area contributed by atoms with Crippen LogP contribution in [0.1, 0.15) is 79.3 Å². The number of hydrogen-bond donors (Lipinski definition) is 2. The van der Waals surface area contributed by atoms with Crippen LogP contribution in [-0.2, 0) is 27.3 Å². The number of nitrogens with one attached hydrogen (secondary N) is 2. The Kier molecular flexibility index (Phi) is 14.6. The van der Waals surface area contributed by atoms with E-state index in [9.17, 15) is 0 Å². The van der Waals surface area contributed by atoms with Crippen molar-refractivity contribution in [3.63, 3.8) is 0 Å². The van der Waals surface area contributed by atoms with Crippen molar-refractivity contribution in [2.45, 2.75) is 70.2 Å². The summed E-state index contributed by atoms with van der Waals surface area (Å²) in [5.74, 6) is 0.312. The molecule has 0 bridgehead atoms. The van der Waals surface area contributed by atoms with E-state index in [0.29, 0.717) is 49.6 Å². The van der Waals surface area contributed by atoms with Crippen molar-refractivity contribution in [3.05, 3.63) is 126 Å². The lowest BCUT2D eigenvalue weighted by atomic mass is 9.84. The van der Waals surface area contributed by atoms with E-state index >= 15 is 0 Å². The first-order chi connectivity index (χ1) is 26.7. The number of hydrogen-bond acceptors (Lipinski definition) is 7. The van der Waals surface area contributed by atoms with Crippen molar-refractivity contribution >= 4 is 57.8 Å². The molecule has 0 fully saturated rings. The highest BCUT2D eigenvalue weighted by atomic mass is 35.5. The Morgan fingerprint density at radius 2 is 1.11 bits per heavy atom. The molecule has 0 saturated carbocycles. The summed E-state index contributed by atoms with van der Waals surface area (Å²) in [4.78, 5) is 4.63. The van der Waals surface area contributed by atoms with Crippen molar-refractivity contribution in [1.29, 1.82) is 0 Å². The van der Waals surface area contributed by atoms with Crippen LogP contribution in [0, 0.1) is 0 Å². The van der Waals surface area contributed by atoms with Crippen molar-refractivity contribution in [1.82, 2.24) is 9.80 Å². The molecular weight excluding hydrogens is 786 g/mol. The van der Waals surface area contributed by atoms with Crippen LogP contribution in [0.3, 0.4) is 0 Å². The summed E-state index contributed by atoms with van der Waals surface area (Å²) in [7, 11) is 4.27. The molecule has 2 heterocycles. The molecule has 0 spiro atoms. The molecule has 7 nitrogen and oxygen atoms in total. The number of benzene rings is 4. The molecule has 0 amide bonds. The van der Waals surface area contributed by atoms with Gasteiger partial charge < -0.3 is 34.6 Å². The fraction of sp³-hybridized carbons (Fsp3) is 0.467. The Balaban J connectivity index is 0.924. The van der Waals surface area contributed by atoms with Crippen molar-refractivity contribution in [2.24, 2.45) is 0 Å². The maximum Gasteiger partial charge on any atom is 0.0798 e. The number of rotatable bonds is 17. The van der Waals surface area contributed by atoms with E-state index < -0.39 is 5.60 Å². The van der Waals surface area contributed by atoms with Gasteiger partial charge in [0.05, 0.1) is 37.6 Å². The molecule has 0 radical (unpaired) electrons. The molecule has 11 heteroatoms. The van der Waals surface area contributed by atoms with Gasteiger partial charge in [0.2, 0.25) is 0 Å². The first-order valence-electron chi connectivity index (χ1n) is 19.5. The SMILES string of the molecule is CN1Cc2c(Cl)cc(Cl)cc2C(c2ccccc2NCCOCCOC(C)(C)CCOC(C)(C)CNc2ccccc2C2CN(C)Cc3c(Cl)cc(Cl)cc32)C1. The Morgan fingerprint density at radius 1 is 0.607 bits per heavy atom. The normalized spacial score (nSPS) is 17.8. The van der Waals surface area contributed by atoms with Crippen molar-refractivity contribution < 1.29 is 14.2 Å². The molecule has 2 unspecified atom stereocenters. The number of halogens is 4. The molecule has 0 saturated heterocycles. The molecule has 2 N–H and O–H groups in total. The highest BCUT2D eigenvalue weighted by Crippen LogP contribution is 2.42. The van der Waals surface area contributed by atoms with Gasteiger partial charge in [-0.3, -0.25) is 0 Å². The van der Waals surface area contributed by atoms with Crippen LogP contribution in [-0.4, -0.2) is 87.7 Å². The summed E-state index contributed by atoms with van der Waals surface area (Å²) in [6, 6.07) is 24.8. The van der Waals surface area contributed by atoms with E-state index in [1.807, 2.05) is 12.1 Å². The van der Waals surface area contributed by atoms with Gasteiger partial charge in [0.15, 0.2) is 0 Å². The predicted molar refractivity (Wildman–Crippen MR) is 235 cm³/mol. The summed E-state index contributed by atoms with van der Waals surface area (Å²) >= 11 is 26.2. The quantitative estimate of drug-likeness (QED) is 0.103. The second-order valence-electron chi connectivity index (χ2n) is 16.4. The zero-order valence-corrected chi connectivity index (χ0v) is 36.5. The van der Waals surface area contributed by atoms with Gasteiger partial charge in [0.25, 0.3) is 0 Å². The predicted octanol–water partition coefficient (Wildman–Crippen LogP) is 11.0. The molecule has 56 heavy (non-hydrogen) atoms. The molecule has 2 atom stereocenters. The Labute approximate surface area is 353 Å². The number of ether oxygens (including phenoxy) is 3. The molecule has 6 rings (SSSR count). The zero-order chi connectivity index (χ0) is 40.0. The molecular formula is C45H56Cl4N4O3. The molecule has 0 aromatic heterocycles. The highest BCUT2D eigenvalue weighted by molar-refractivity contribution is 6.35. The standard InChI is InChI=1S/C45H56Cl4N4O3/c1-44(2,56-20-19-54-18-16-50-42-13-9-7-11-32(42)36-25-52(5)27-38-34(36)21-30(46)23-40(38)48)15-17-55-45(3,4)29-51-43-14-10-8-12-33(43)37-26-53(6)28-39-35(37)22-31(47)24-41(39)49/h7-14,21-24,36-37,50-51H,15-20,25-29H2,1-6H3. The number of fused-ring (bicyclic) bond motifs is 2. The Morgan fingerprint density at radius 3 is 1.66 bits per heavy atom. The first kappa shape index (κ1) is 43.0. The summed E-state index contributed by atoms with van der Waals surface area (Å²) in [5.41, 5.74) is 8.57. The average molecular weight is 843 g/mol. The maximum atomic E-state index is 6.66. The Bertz CT molecular complexity index is 1960. The summed E-state index contributed by atoms with van der Waals surface area (Å²) in [5, 5.41) is 10.1. The van der Waals surface area contributed by atoms with Crippen molar-refractivity contribution in [3.8, 4) is 0 Å². The van der Waals surface area contributed by atoms with Gasteiger partial charge in [-0.2, -0.15) is 0 Å². The third-order valence-electron chi connectivity index (χ3n) is 10.8. The lowest BCUT2D eigenvalue weighted by Gasteiger charge is -2.35. The van der Waals surface area contributed by atoms with Crippen LogP contribution in [0.25, 0.3) is 0 Å². The molecule has 4 aromatic rings. The van der Waals surface area contributed by atoms with E-state index in [4.69, 9.17) is 60.6 Å². The van der Waals surface area contributed by atoms with Crippen LogP contribution in [0.2, 0.25) is 20.1 Å². The van der Waals surface area contributed by atoms with E-state index in [1.54, 1.807) is 0 Å². The zero-order valence-electron chi connectivity index (χ0n) is 33.5. The monoisotopic (exact) mass is 840 g/mol. The van der Waals surface area contributed by atoms with Gasteiger partial charge in [0.1, 0.15) is 0 Å². The summed E-state index contributed by atoms with van der Waals surface area (Å²) < 4.78 is 18.7. The lowest BCUT2D eigenvalue weighted by Crippen LogP contribution is -2.36. The minimum Gasteiger partial charge on any atom is -0.382 e. The third kappa shape index (κ3) is 11.1. The van der Waals surface area contributed by atoms with Gasteiger partial charge in [-0.1, -0.05) is 82.8 Å². The van der Waals surface area contributed by atoms with E-state index in [2.05, 4.69) is 123 Å². The number of anilines is 2. The van der Waals surface area contributed by atoms with Crippen LogP contribution in [0.5, 0.6) is 0 Å². The first-order valence-corrected chi connectivity index (χ1v) is 21.0. The molecule has 0 aliphatic carbocycles. The topological polar surface area (TPSA) is 58.2 Å². The van der Waals surface area contributed by atoms with Crippen LogP contribution >= 0.6 is 46.4 Å². The van der Waals surface area contributed by atoms with Gasteiger partial charge >= 0.3 is 0 Å². The van der Waals surface area contributed by atoms with Crippen molar-refractivity contribution in [2.75, 3.05) is 77.3 Å². The van der Waals surface area contributed by atoms with Gasteiger partial charge in [-0.25, -0.2) is 0 Å². The van der Waals surface area contributed by atoms with Crippen LogP contribution in [0.15, 0.2) is 72.8 Å². The molecule has 302 valence electrons. The maximum absolute atomic E-state index is 6.66. The van der Waals surface area contributed by atoms with Gasteiger partial charge in [-0.15, -0.1) is 0 Å². The average Bonchev–Trinajstić information content (AvgIpc) is 3.14. The number of para-hydroxylation sites is 2. The summed E-state index contributed by atoms with van der Waals surface area (Å²) in [6.45, 7) is 15.3. The highest BCUT2D eigenvalue weighted by Gasteiger charge is 2.31. The number of nitrogens with zero attached hydrogens (tertiary/aromatic N) is 2. The minimum absolute atomic E-state index is 0.149. The Hall–Kier alpha value is -2.56. The fourth-order valence-electron chi connectivity index (χ4n) is 7.89. The smallest absolute Gasteiger partial charge is 0.0798 e. The van der Waals surface area contributed by atoms with Crippen LogP contribution in [0.4, 0.5) is 11.4 Å². The summed E-state index contributed by atoms with van der Waals surface area (Å²) in [6.07, 6.45) is 0.758. The van der Waals surface area contributed by atoms with E-state index in [-0.39, 0.29) is 17.4 Å². The van der Waals surface area contributed by atoms with E-state index in [1.165, 1.54) is 22.3 Å². The second kappa shape index (κ2) is 19.0. The van der Waals surface area contributed by atoms with E-state index in [0.717, 1.165) is 65.1 Å². The second-order valence-corrected chi connectivity index (χ2v) is 18.1. The van der Waals surface area contributed by atoms with Gasteiger partial charge in [0, 0.05) is 82.6 Å². The minimum atomic E-state index is -0.401. The number of likely N-dealkylation sites (N-methyl/N-ethyl adjacent to an activating group) is 2. The van der Waals surface area contributed by atoms with Gasteiger partial charge in [-0.05, 0) is 118 Å². The van der Waals surface area contributed by atoms with Crippen LogP contribution < -0.4 is 10.6 Å². The molecule has 4 aromatic carbocycles. The third-order valence-corrected chi connectivity index (χ3v) is 12.0. The lowest BCUT2D eigenvalue weighted by molar-refractivity contribution is -0.0796. The largest absolute Gasteiger partial charge is 0.382 e. The molecule has 2 aliphatic rings.